The summed E-state index contributed by atoms with van der Waals surface area (Å²) in [6.07, 6.45) is 0. The highest BCUT2D eigenvalue weighted by molar-refractivity contribution is 5.54. The van der Waals surface area contributed by atoms with Crippen LogP contribution >= 0.6 is 0 Å². The van der Waals surface area contributed by atoms with Gasteiger partial charge in [0, 0.05) is 18.8 Å². The maximum atomic E-state index is 3.20. The zero-order valence-corrected chi connectivity index (χ0v) is 8.25. The van der Waals surface area contributed by atoms with E-state index in [0.717, 1.165) is 6.54 Å². The summed E-state index contributed by atoms with van der Waals surface area (Å²) in [5, 5.41) is 3.20. The third kappa shape index (κ3) is 1.83. The summed E-state index contributed by atoms with van der Waals surface area (Å²) in [7, 11) is 2.01. The molecule has 1 unspecified atom stereocenters. The summed E-state index contributed by atoms with van der Waals surface area (Å²) in [4.78, 5) is 2.41. The Hall–Kier alpha value is -1.02. The van der Waals surface area contributed by atoms with Crippen molar-refractivity contribution in [2.75, 3.05) is 25.0 Å². The zero-order valence-electron chi connectivity index (χ0n) is 8.25. The van der Waals surface area contributed by atoms with Gasteiger partial charge in [0.05, 0.1) is 6.04 Å². The van der Waals surface area contributed by atoms with Gasteiger partial charge < -0.3 is 10.2 Å². The van der Waals surface area contributed by atoms with Crippen molar-refractivity contribution in [2.24, 2.45) is 0 Å². The number of hydrogen-bond donors (Lipinski definition) is 1. The maximum absolute atomic E-state index is 3.20. The first-order valence-electron chi connectivity index (χ1n) is 4.79. The molecule has 2 rings (SSSR count). The fraction of sp³-hybridized carbons (Fsp3) is 0.455. The van der Waals surface area contributed by atoms with Crippen LogP contribution in [-0.4, -0.2) is 26.2 Å². The van der Waals surface area contributed by atoms with E-state index >= 15 is 0 Å². The van der Waals surface area contributed by atoms with Gasteiger partial charge in [-0.2, -0.15) is 0 Å². The normalized spacial score (nSPS) is 20.5. The lowest BCUT2D eigenvalue weighted by atomic mass is 10.2. The van der Waals surface area contributed by atoms with Gasteiger partial charge in [-0.3, -0.25) is 0 Å². The van der Waals surface area contributed by atoms with Crippen LogP contribution in [0.4, 0.5) is 5.69 Å². The Kier molecular flexibility index (Phi) is 2.23. The summed E-state index contributed by atoms with van der Waals surface area (Å²) < 4.78 is 0. The van der Waals surface area contributed by atoms with Crippen molar-refractivity contribution < 1.29 is 0 Å². The van der Waals surface area contributed by atoms with E-state index < -0.39 is 0 Å². The highest BCUT2D eigenvalue weighted by Gasteiger charge is 2.32. The molecule has 1 aromatic carbocycles. The Labute approximate surface area is 79.6 Å². The zero-order chi connectivity index (χ0) is 9.26. The fourth-order valence-electron chi connectivity index (χ4n) is 1.64. The second kappa shape index (κ2) is 3.38. The molecule has 70 valence electrons. The van der Waals surface area contributed by atoms with Crippen molar-refractivity contribution in [3.63, 3.8) is 0 Å². The van der Waals surface area contributed by atoms with Crippen LogP contribution in [0.25, 0.3) is 0 Å². The largest absolute Gasteiger partial charge is 0.363 e. The quantitative estimate of drug-likeness (QED) is 0.700. The van der Waals surface area contributed by atoms with Crippen molar-refractivity contribution in [1.82, 2.24) is 5.32 Å². The van der Waals surface area contributed by atoms with E-state index in [2.05, 4.69) is 41.4 Å². The average molecular weight is 176 g/mol. The van der Waals surface area contributed by atoms with E-state index in [1.807, 2.05) is 7.05 Å². The second-order valence-corrected chi connectivity index (χ2v) is 3.70. The van der Waals surface area contributed by atoms with Crippen molar-refractivity contribution in [3.05, 3.63) is 29.8 Å². The molecule has 0 bridgehead atoms. The van der Waals surface area contributed by atoms with Gasteiger partial charge in [-0.25, -0.2) is 0 Å². The molecule has 13 heavy (non-hydrogen) atoms. The van der Waals surface area contributed by atoms with E-state index in [1.165, 1.54) is 17.8 Å². The van der Waals surface area contributed by atoms with E-state index in [0.29, 0.717) is 6.04 Å². The first kappa shape index (κ1) is 8.57. The molecule has 0 spiro atoms. The molecule has 1 aliphatic rings. The number of aryl methyl sites for hydroxylation is 1. The van der Waals surface area contributed by atoms with Gasteiger partial charge in [-0.15, -0.1) is 0 Å². The standard InChI is InChI=1S/C11H16N2/c1-9-3-5-10(6-4-9)13-8-11(13)7-12-2/h3-6,11-12H,7-8H2,1-2H3. The van der Waals surface area contributed by atoms with Crippen LogP contribution in [0.15, 0.2) is 24.3 Å². The van der Waals surface area contributed by atoms with Crippen LogP contribution < -0.4 is 10.2 Å². The number of nitrogens with zero attached hydrogens (tertiary/aromatic N) is 1. The van der Waals surface area contributed by atoms with Gasteiger partial charge in [0.1, 0.15) is 0 Å². The lowest BCUT2D eigenvalue weighted by Gasteiger charge is -2.05. The number of hydrogen-bond acceptors (Lipinski definition) is 2. The van der Waals surface area contributed by atoms with Gasteiger partial charge in [0.25, 0.3) is 0 Å². The Morgan fingerprint density at radius 1 is 1.38 bits per heavy atom. The minimum Gasteiger partial charge on any atom is -0.363 e. The van der Waals surface area contributed by atoms with Crippen LogP contribution in [-0.2, 0) is 0 Å². The average Bonchev–Trinajstić information content (AvgIpc) is 2.86. The van der Waals surface area contributed by atoms with Crippen LogP contribution in [0.2, 0.25) is 0 Å². The Balaban J connectivity index is 2.00. The molecule has 1 aromatic rings. The smallest absolute Gasteiger partial charge is 0.0590 e. The van der Waals surface area contributed by atoms with Crippen LogP contribution in [0.3, 0.4) is 0 Å². The highest BCUT2D eigenvalue weighted by atomic mass is 15.3. The molecule has 0 radical (unpaired) electrons. The van der Waals surface area contributed by atoms with E-state index in [9.17, 15) is 0 Å². The van der Waals surface area contributed by atoms with E-state index in [-0.39, 0.29) is 0 Å². The molecule has 1 N–H and O–H groups in total. The molecule has 2 heteroatoms. The van der Waals surface area contributed by atoms with Gasteiger partial charge in [0.2, 0.25) is 0 Å². The monoisotopic (exact) mass is 176 g/mol. The number of benzene rings is 1. The fourth-order valence-corrected chi connectivity index (χ4v) is 1.64. The number of likely N-dealkylation sites (N-methyl/N-ethyl adjacent to an activating group) is 1. The van der Waals surface area contributed by atoms with Crippen LogP contribution in [0, 0.1) is 6.92 Å². The lowest BCUT2D eigenvalue weighted by molar-refractivity contribution is 0.791. The van der Waals surface area contributed by atoms with Crippen molar-refractivity contribution in [2.45, 2.75) is 13.0 Å². The summed E-state index contributed by atoms with van der Waals surface area (Å²) in [5.74, 6) is 0. The molecule has 2 nitrogen and oxygen atoms in total. The molecule has 1 aliphatic heterocycles. The Bertz CT molecular complexity index is 279. The molecule has 1 atom stereocenters. The topological polar surface area (TPSA) is 15.0 Å². The highest BCUT2D eigenvalue weighted by Crippen LogP contribution is 2.27. The van der Waals surface area contributed by atoms with Crippen molar-refractivity contribution in [3.8, 4) is 0 Å². The second-order valence-electron chi connectivity index (χ2n) is 3.70. The summed E-state index contributed by atoms with van der Waals surface area (Å²) >= 11 is 0. The third-order valence-electron chi connectivity index (χ3n) is 2.52. The third-order valence-corrected chi connectivity index (χ3v) is 2.52. The molecule has 0 aliphatic carbocycles. The van der Waals surface area contributed by atoms with Crippen LogP contribution in [0.1, 0.15) is 5.56 Å². The SMILES string of the molecule is CNCC1CN1c1ccc(C)cc1. The van der Waals surface area contributed by atoms with Gasteiger partial charge in [-0.05, 0) is 26.1 Å². The minimum absolute atomic E-state index is 0.715. The van der Waals surface area contributed by atoms with Gasteiger partial charge in [0.15, 0.2) is 0 Å². The Morgan fingerprint density at radius 3 is 2.69 bits per heavy atom. The molecular weight excluding hydrogens is 160 g/mol. The summed E-state index contributed by atoms with van der Waals surface area (Å²) in [5.41, 5.74) is 2.68. The molecule has 1 heterocycles. The Morgan fingerprint density at radius 2 is 2.08 bits per heavy atom. The van der Waals surface area contributed by atoms with E-state index in [1.54, 1.807) is 0 Å². The molecule has 1 saturated heterocycles. The first-order chi connectivity index (χ1) is 6.31. The number of nitrogens with one attached hydrogen (secondary N) is 1. The van der Waals surface area contributed by atoms with Gasteiger partial charge >= 0.3 is 0 Å². The van der Waals surface area contributed by atoms with Gasteiger partial charge in [-0.1, -0.05) is 17.7 Å². The van der Waals surface area contributed by atoms with Crippen LogP contribution in [0.5, 0.6) is 0 Å². The lowest BCUT2D eigenvalue weighted by Crippen LogP contribution is -2.17. The molecule has 0 amide bonds. The molecule has 0 saturated carbocycles. The molecule has 0 aromatic heterocycles. The molecule has 1 fully saturated rings. The first-order valence-corrected chi connectivity index (χ1v) is 4.79. The summed E-state index contributed by atoms with van der Waals surface area (Å²) in [6.45, 7) is 4.41. The summed E-state index contributed by atoms with van der Waals surface area (Å²) in [6, 6.07) is 9.46. The van der Waals surface area contributed by atoms with E-state index in [4.69, 9.17) is 0 Å². The number of rotatable bonds is 3. The molecular formula is C11H16N2. The minimum atomic E-state index is 0.715. The van der Waals surface area contributed by atoms with Crippen molar-refractivity contribution in [1.29, 1.82) is 0 Å². The van der Waals surface area contributed by atoms with Crippen molar-refractivity contribution >= 4 is 5.69 Å². The predicted molar refractivity (Wildman–Crippen MR) is 56.2 cm³/mol. The predicted octanol–water partition coefficient (Wildman–Crippen LogP) is 1.40. The maximum Gasteiger partial charge on any atom is 0.0590 e. The number of anilines is 1.